The highest BCUT2D eigenvalue weighted by Crippen LogP contribution is 2.20. The lowest BCUT2D eigenvalue weighted by molar-refractivity contribution is 0.568. The van der Waals surface area contributed by atoms with Gasteiger partial charge in [-0.15, -0.1) is 0 Å². The molecular formula is C20H23N5. The minimum absolute atomic E-state index is 0.228. The Morgan fingerprint density at radius 2 is 2.08 bits per heavy atom. The first kappa shape index (κ1) is 15.8. The predicted molar refractivity (Wildman–Crippen MR) is 101 cm³/mol. The fraction of sp³-hybridized carbons (Fsp3) is 0.300. The van der Waals surface area contributed by atoms with Crippen LogP contribution in [0.3, 0.4) is 0 Å². The highest BCUT2D eigenvalue weighted by molar-refractivity contribution is 5.83. The summed E-state index contributed by atoms with van der Waals surface area (Å²) in [5, 5.41) is 9.46. The van der Waals surface area contributed by atoms with Crippen LogP contribution in [0.25, 0.3) is 16.6 Å². The maximum atomic E-state index is 4.54. The van der Waals surface area contributed by atoms with Crippen molar-refractivity contribution in [2.24, 2.45) is 0 Å². The molecule has 0 saturated heterocycles. The highest BCUT2D eigenvalue weighted by Gasteiger charge is 2.13. The molecule has 1 atom stereocenters. The second-order valence-corrected chi connectivity index (χ2v) is 6.64. The normalized spacial score (nSPS) is 12.9. The minimum atomic E-state index is 0.228. The van der Waals surface area contributed by atoms with Crippen molar-refractivity contribution in [3.05, 3.63) is 65.2 Å². The second-order valence-electron chi connectivity index (χ2n) is 6.64. The molecule has 0 radical (unpaired) electrons. The van der Waals surface area contributed by atoms with E-state index in [0.29, 0.717) is 0 Å². The van der Waals surface area contributed by atoms with E-state index in [0.717, 1.165) is 30.0 Å². The van der Waals surface area contributed by atoms with Crippen molar-refractivity contribution in [1.29, 1.82) is 0 Å². The molecule has 5 heteroatoms. The zero-order valence-corrected chi connectivity index (χ0v) is 14.9. The van der Waals surface area contributed by atoms with E-state index in [9.17, 15) is 0 Å². The van der Waals surface area contributed by atoms with E-state index in [-0.39, 0.29) is 6.04 Å². The van der Waals surface area contributed by atoms with Gasteiger partial charge < -0.3 is 10.3 Å². The highest BCUT2D eigenvalue weighted by atomic mass is 15.3. The van der Waals surface area contributed by atoms with Gasteiger partial charge in [-0.3, -0.25) is 0 Å². The molecule has 25 heavy (non-hydrogen) atoms. The summed E-state index contributed by atoms with van der Waals surface area (Å²) < 4.78 is 1.93. The Morgan fingerprint density at radius 1 is 1.24 bits per heavy atom. The fourth-order valence-electron chi connectivity index (χ4n) is 3.47. The smallest absolute Gasteiger partial charge is 0.155 e. The lowest BCUT2D eigenvalue weighted by Crippen LogP contribution is -2.23. The third-order valence-electron chi connectivity index (χ3n) is 4.87. The summed E-state index contributed by atoms with van der Waals surface area (Å²) in [7, 11) is 0. The SMILES string of the molecule is Cc1cc2ncc([C@@H](C)NCCc3c[nH]c4ccccc34)c(C)n2n1. The third-order valence-corrected chi connectivity index (χ3v) is 4.87. The van der Waals surface area contributed by atoms with Crippen LogP contribution in [0, 0.1) is 13.8 Å². The van der Waals surface area contributed by atoms with Crippen LogP contribution in [0.5, 0.6) is 0 Å². The quantitative estimate of drug-likeness (QED) is 0.585. The summed E-state index contributed by atoms with van der Waals surface area (Å²) in [5.74, 6) is 0. The van der Waals surface area contributed by atoms with Crippen LogP contribution in [-0.2, 0) is 6.42 Å². The number of aryl methyl sites for hydroxylation is 2. The van der Waals surface area contributed by atoms with Gasteiger partial charge in [0.05, 0.1) is 5.69 Å². The molecule has 4 aromatic rings. The minimum Gasteiger partial charge on any atom is -0.361 e. The van der Waals surface area contributed by atoms with Crippen molar-refractivity contribution in [1.82, 2.24) is 24.9 Å². The van der Waals surface area contributed by atoms with Crippen molar-refractivity contribution < 1.29 is 0 Å². The van der Waals surface area contributed by atoms with Gasteiger partial charge in [-0.1, -0.05) is 18.2 Å². The number of nitrogens with zero attached hydrogens (tertiary/aromatic N) is 3. The Kier molecular flexibility index (Phi) is 4.01. The average molecular weight is 333 g/mol. The first-order chi connectivity index (χ1) is 12.1. The number of benzene rings is 1. The molecule has 0 unspecified atom stereocenters. The lowest BCUT2D eigenvalue weighted by Gasteiger charge is -2.16. The molecule has 5 nitrogen and oxygen atoms in total. The molecule has 0 fully saturated rings. The fourth-order valence-corrected chi connectivity index (χ4v) is 3.47. The Morgan fingerprint density at radius 3 is 2.96 bits per heavy atom. The Bertz CT molecular complexity index is 1030. The summed E-state index contributed by atoms with van der Waals surface area (Å²) in [6.45, 7) is 7.20. The van der Waals surface area contributed by atoms with E-state index in [1.54, 1.807) is 0 Å². The van der Waals surface area contributed by atoms with Crippen LogP contribution in [0.4, 0.5) is 0 Å². The molecule has 3 heterocycles. The molecule has 0 aliphatic carbocycles. The standard InChI is InChI=1S/C20H23N5/c1-13-10-20-23-12-18(15(3)25(20)24-13)14(2)21-9-8-16-11-22-19-7-5-4-6-17(16)19/h4-7,10-12,14,21-22H,8-9H2,1-3H3/t14-/m1/s1. The van der Waals surface area contributed by atoms with Gasteiger partial charge in [0, 0.05) is 46.7 Å². The van der Waals surface area contributed by atoms with Crippen LogP contribution in [0.15, 0.2) is 42.7 Å². The van der Waals surface area contributed by atoms with Gasteiger partial charge in [0.25, 0.3) is 0 Å². The number of nitrogens with one attached hydrogen (secondary N) is 2. The zero-order valence-electron chi connectivity index (χ0n) is 14.9. The Balaban J connectivity index is 1.47. The molecule has 0 bridgehead atoms. The molecular weight excluding hydrogens is 310 g/mol. The summed E-state index contributed by atoms with van der Waals surface area (Å²) in [6, 6.07) is 10.7. The van der Waals surface area contributed by atoms with Crippen molar-refractivity contribution >= 4 is 16.6 Å². The predicted octanol–water partition coefficient (Wildman–Crippen LogP) is 3.72. The molecule has 1 aromatic carbocycles. The lowest BCUT2D eigenvalue weighted by atomic mass is 10.1. The molecule has 2 N–H and O–H groups in total. The third kappa shape index (κ3) is 2.91. The number of hydrogen-bond donors (Lipinski definition) is 2. The average Bonchev–Trinajstić information content (AvgIpc) is 3.19. The molecule has 128 valence electrons. The first-order valence-electron chi connectivity index (χ1n) is 8.74. The summed E-state index contributed by atoms with van der Waals surface area (Å²) in [4.78, 5) is 7.88. The molecule has 0 spiro atoms. The van der Waals surface area contributed by atoms with E-state index < -0.39 is 0 Å². The van der Waals surface area contributed by atoms with Gasteiger partial charge in [0.15, 0.2) is 5.65 Å². The van der Waals surface area contributed by atoms with Gasteiger partial charge in [-0.05, 0) is 45.4 Å². The van der Waals surface area contributed by atoms with Gasteiger partial charge in [-0.2, -0.15) is 5.10 Å². The van der Waals surface area contributed by atoms with Crippen LogP contribution >= 0.6 is 0 Å². The van der Waals surface area contributed by atoms with E-state index in [2.05, 4.69) is 64.7 Å². The van der Waals surface area contributed by atoms with E-state index in [1.807, 2.05) is 23.7 Å². The van der Waals surface area contributed by atoms with Gasteiger partial charge in [0.2, 0.25) is 0 Å². The molecule has 0 amide bonds. The summed E-state index contributed by atoms with van der Waals surface area (Å²) >= 11 is 0. The molecule has 0 aliphatic heterocycles. The van der Waals surface area contributed by atoms with Crippen LogP contribution in [0.1, 0.15) is 35.5 Å². The van der Waals surface area contributed by atoms with Gasteiger partial charge in [0.1, 0.15) is 0 Å². The summed E-state index contributed by atoms with van der Waals surface area (Å²) in [6.07, 6.45) is 5.07. The van der Waals surface area contributed by atoms with Gasteiger partial charge in [-0.25, -0.2) is 9.50 Å². The van der Waals surface area contributed by atoms with Crippen molar-refractivity contribution in [3.63, 3.8) is 0 Å². The molecule has 4 rings (SSSR count). The van der Waals surface area contributed by atoms with Crippen molar-refractivity contribution in [2.45, 2.75) is 33.2 Å². The van der Waals surface area contributed by atoms with E-state index in [4.69, 9.17) is 0 Å². The number of aromatic amines is 1. The van der Waals surface area contributed by atoms with Crippen molar-refractivity contribution in [3.8, 4) is 0 Å². The maximum Gasteiger partial charge on any atom is 0.155 e. The van der Waals surface area contributed by atoms with E-state index in [1.165, 1.54) is 22.0 Å². The molecule has 0 saturated carbocycles. The van der Waals surface area contributed by atoms with E-state index >= 15 is 0 Å². The number of rotatable bonds is 5. The number of fused-ring (bicyclic) bond motifs is 2. The maximum absolute atomic E-state index is 4.54. The first-order valence-corrected chi connectivity index (χ1v) is 8.74. The second kappa shape index (κ2) is 6.33. The molecule has 3 aromatic heterocycles. The van der Waals surface area contributed by atoms with Crippen molar-refractivity contribution in [2.75, 3.05) is 6.54 Å². The largest absolute Gasteiger partial charge is 0.361 e. The van der Waals surface area contributed by atoms with Crippen LogP contribution in [0.2, 0.25) is 0 Å². The van der Waals surface area contributed by atoms with Crippen LogP contribution in [-0.4, -0.2) is 26.1 Å². The Labute approximate surface area is 147 Å². The molecule has 0 aliphatic rings. The monoisotopic (exact) mass is 333 g/mol. The number of para-hydroxylation sites is 1. The number of H-pyrrole nitrogens is 1. The topological polar surface area (TPSA) is 58.0 Å². The number of hydrogen-bond acceptors (Lipinski definition) is 3. The number of aromatic nitrogens is 4. The Hall–Kier alpha value is -2.66. The summed E-state index contributed by atoms with van der Waals surface area (Å²) in [5.41, 5.74) is 6.78. The van der Waals surface area contributed by atoms with Gasteiger partial charge >= 0.3 is 0 Å². The zero-order chi connectivity index (χ0) is 17.4. The van der Waals surface area contributed by atoms with Crippen LogP contribution < -0.4 is 5.32 Å².